The lowest BCUT2D eigenvalue weighted by Crippen LogP contribution is -2.11. The van der Waals surface area contributed by atoms with E-state index in [4.69, 9.17) is 4.74 Å². The molecule has 5 aromatic rings. The van der Waals surface area contributed by atoms with Crippen LogP contribution in [0.15, 0.2) is 91.4 Å². The molecule has 3 aromatic carbocycles. The van der Waals surface area contributed by atoms with Crippen LogP contribution in [-0.2, 0) is 0 Å². The van der Waals surface area contributed by atoms with E-state index in [9.17, 15) is 4.79 Å². The number of anilines is 3. The minimum atomic E-state index is -0.162. The topological polar surface area (TPSA) is 91.9 Å². The number of methoxy groups -OCH3 is 1. The van der Waals surface area contributed by atoms with Crippen LogP contribution in [0.5, 0.6) is 5.75 Å². The van der Waals surface area contributed by atoms with Crippen molar-refractivity contribution in [2.45, 2.75) is 0 Å². The van der Waals surface area contributed by atoms with E-state index in [1.165, 1.54) is 6.33 Å². The van der Waals surface area contributed by atoms with E-state index in [0.717, 1.165) is 33.6 Å². The molecular formula is C26H21N5O2. The number of carbonyl (C=O) groups excluding carboxylic acids is 1. The second-order valence-electron chi connectivity index (χ2n) is 7.39. The first-order chi connectivity index (χ1) is 16.2. The van der Waals surface area contributed by atoms with Gasteiger partial charge in [-0.1, -0.05) is 30.3 Å². The SMILES string of the molecule is COc1ccccc1-c1cc(Nc2ccc(NC(=O)c3c[nH]c4ccccc34)cc2)ncn1. The van der Waals surface area contributed by atoms with Crippen LogP contribution in [0, 0.1) is 0 Å². The standard InChI is InChI=1S/C26H21N5O2/c1-33-24-9-5-3-7-20(24)23-14-25(29-16-28-23)30-17-10-12-18(13-11-17)31-26(32)21-15-27-22-8-4-2-6-19(21)22/h2-16,27H,1H3,(H,31,32)(H,28,29,30). The van der Waals surface area contributed by atoms with Crippen LogP contribution >= 0.6 is 0 Å². The number of hydrogen-bond donors (Lipinski definition) is 3. The van der Waals surface area contributed by atoms with Gasteiger partial charge in [-0.2, -0.15) is 0 Å². The molecule has 7 heteroatoms. The van der Waals surface area contributed by atoms with Crippen LogP contribution in [0.4, 0.5) is 17.2 Å². The van der Waals surface area contributed by atoms with Gasteiger partial charge in [0.1, 0.15) is 17.9 Å². The molecule has 7 nitrogen and oxygen atoms in total. The Balaban J connectivity index is 1.30. The van der Waals surface area contributed by atoms with E-state index in [2.05, 4.69) is 25.6 Å². The molecule has 0 saturated heterocycles. The number of carbonyl (C=O) groups is 1. The summed E-state index contributed by atoms with van der Waals surface area (Å²) in [5.74, 6) is 1.24. The van der Waals surface area contributed by atoms with Crippen LogP contribution < -0.4 is 15.4 Å². The summed E-state index contributed by atoms with van der Waals surface area (Å²) in [6, 6.07) is 24.8. The van der Waals surface area contributed by atoms with Crippen molar-refractivity contribution in [2.24, 2.45) is 0 Å². The average Bonchev–Trinajstić information content (AvgIpc) is 3.30. The minimum absolute atomic E-state index is 0.162. The Bertz CT molecular complexity index is 1430. The van der Waals surface area contributed by atoms with Crippen LogP contribution in [0.25, 0.3) is 22.2 Å². The Morgan fingerprint density at radius 1 is 0.909 bits per heavy atom. The Morgan fingerprint density at radius 2 is 1.67 bits per heavy atom. The predicted octanol–water partition coefficient (Wildman–Crippen LogP) is 5.63. The van der Waals surface area contributed by atoms with Gasteiger partial charge < -0.3 is 20.4 Å². The van der Waals surface area contributed by atoms with E-state index >= 15 is 0 Å². The van der Waals surface area contributed by atoms with Gasteiger partial charge in [0.05, 0.1) is 18.4 Å². The number of hydrogen-bond acceptors (Lipinski definition) is 5. The lowest BCUT2D eigenvalue weighted by atomic mass is 10.1. The summed E-state index contributed by atoms with van der Waals surface area (Å²) in [5.41, 5.74) is 4.73. The molecule has 2 aromatic heterocycles. The third-order valence-corrected chi connectivity index (χ3v) is 5.30. The van der Waals surface area contributed by atoms with E-state index in [0.29, 0.717) is 17.1 Å². The average molecular weight is 435 g/mol. The maximum absolute atomic E-state index is 12.7. The van der Waals surface area contributed by atoms with Crippen molar-refractivity contribution in [3.05, 3.63) is 97.0 Å². The normalized spacial score (nSPS) is 10.7. The number of aromatic amines is 1. The Kier molecular flexibility index (Phi) is 5.43. The fourth-order valence-corrected chi connectivity index (χ4v) is 3.67. The number of nitrogens with one attached hydrogen (secondary N) is 3. The largest absolute Gasteiger partial charge is 0.496 e. The van der Waals surface area contributed by atoms with Crippen LogP contribution in [0.2, 0.25) is 0 Å². The number of amides is 1. The molecule has 0 saturated carbocycles. The Morgan fingerprint density at radius 3 is 2.52 bits per heavy atom. The molecule has 162 valence electrons. The fraction of sp³-hybridized carbons (Fsp3) is 0.0385. The van der Waals surface area contributed by atoms with E-state index in [1.54, 1.807) is 13.3 Å². The number of H-pyrrole nitrogens is 1. The summed E-state index contributed by atoms with van der Waals surface area (Å²) in [4.78, 5) is 24.5. The molecule has 0 bridgehead atoms. The first kappa shape index (κ1) is 20.3. The van der Waals surface area contributed by atoms with Gasteiger partial charge in [0.25, 0.3) is 5.91 Å². The smallest absolute Gasteiger partial charge is 0.257 e. The third-order valence-electron chi connectivity index (χ3n) is 5.30. The van der Waals surface area contributed by atoms with Crippen LogP contribution in [0.3, 0.4) is 0 Å². The van der Waals surface area contributed by atoms with Crippen molar-refractivity contribution in [1.82, 2.24) is 15.0 Å². The number of benzene rings is 3. The monoisotopic (exact) mass is 435 g/mol. The van der Waals surface area contributed by atoms with Crippen molar-refractivity contribution in [2.75, 3.05) is 17.7 Å². The maximum Gasteiger partial charge on any atom is 0.257 e. The zero-order chi connectivity index (χ0) is 22.6. The zero-order valence-corrected chi connectivity index (χ0v) is 17.9. The highest BCUT2D eigenvalue weighted by Gasteiger charge is 2.12. The van der Waals surface area contributed by atoms with Gasteiger partial charge in [0, 0.05) is 40.1 Å². The van der Waals surface area contributed by atoms with Crippen LogP contribution in [-0.4, -0.2) is 28.0 Å². The summed E-state index contributed by atoms with van der Waals surface area (Å²) in [6.45, 7) is 0. The molecule has 2 heterocycles. The van der Waals surface area contributed by atoms with Crippen LogP contribution in [0.1, 0.15) is 10.4 Å². The number of aromatic nitrogens is 3. The predicted molar refractivity (Wildman–Crippen MR) is 130 cm³/mol. The lowest BCUT2D eigenvalue weighted by molar-refractivity contribution is 0.102. The second-order valence-corrected chi connectivity index (χ2v) is 7.39. The first-order valence-corrected chi connectivity index (χ1v) is 10.4. The molecule has 0 aliphatic rings. The summed E-state index contributed by atoms with van der Waals surface area (Å²) < 4.78 is 5.44. The van der Waals surface area contributed by atoms with Crippen molar-refractivity contribution in [3.63, 3.8) is 0 Å². The molecule has 33 heavy (non-hydrogen) atoms. The quantitative estimate of drug-likeness (QED) is 0.321. The maximum atomic E-state index is 12.7. The lowest BCUT2D eigenvalue weighted by Gasteiger charge is -2.10. The highest BCUT2D eigenvalue weighted by molar-refractivity contribution is 6.12. The Hall–Kier alpha value is -4.65. The molecule has 5 rings (SSSR count). The van der Waals surface area contributed by atoms with Gasteiger partial charge in [0.2, 0.25) is 0 Å². The van der Waals surface area contributed by atoms with E-state index in [1.807, 2.05) is 78.9 Å². The molecular weight excluding hydrogens is 414 g/mol. The molecule has 1 amide bonds. The fourth-order valence-electron chi connectivity index (χ4n) is 3.67. The second kappa shape index (κ2) is 8.84. The summed E-state index contributed by atoms with van der Waals surface area (Å²) >= 11 is 0. The number of para-hydroxylation sites is 2. The van der Waals surface area contributed by atoms with Gasteiger partial charge in [-0.25, -0.2) is 9.97 Å². The highest BCUT2D eigenvalue weighted by atomic mass is 16.5. The third kappa shape index (κ3) is 4.24. The van der Waals surface area contributed by atoms with E-state index < -0.39 is 0 Å². The molecule has 0 unspecified atom stereocenters. The number of rotatable bonds is 6. The molecule has 0 atom stereocenters. The summed E-state index contributed by atoms with van der Waals surface area (Å²) in [7, 11) is 1.64. The molecule has 0 radical (unpaired) electrons. The van der Waals surface area contributed by atoms with Gasteiger partial charge >= 0.3 is 0 Å². The van der Waals surface area contributed by atoms with Crippen molar-refractivity contribution >= 4 is 34.0 Å². The Labute approximate surface area is 190 Å². The number of fused-ring (bicyclic) bond motifs is 1. The first-order valence-electron chi connectivity index (χ1n) is 10.4. The zero-order valence-electron chi connectivity index (χ0n) is 17.9. The van der Waals surface area contributed by atoms with Gasteiger partial charge in [-0.05, 0) is 42.5 Å². The highest BCUT2D eigenvalue weighted by Crippen LogP contribution is 2.29. The molecule has 3 N–H and O–H groups in total. The van der Waals surface area contributed by atoms with E-state index in [-0.39, 0.29) is 5.91 Å². The van der Waals surface area contributed by atoms with Gasteiger partial charge in [-0.15, -0.1) is 0 Å². The van der Waals surface area contributed by atoms with Gasteiger partial charge in [0.15, 0.2) is 0 Å². The molecule has 0 aliphatic heterocycles. The number of nitrogens with zero attached hydrogens (tertiary/aromatic N) is 2. The van der Waals surface area contributed by atoms with Gasteiger partial charge in [-0.3, -0.25) is 4.79 Å². The minimum Gasteiger partial charge on any atom is -0.496 e. The molecule has 0 fully saturated rings. The number of ether oxygens (including phenoxy) is 1. The molecule has 0 spiro atoms. The summed E-state index contributed by atoms with van der Waals surface area (Å²) in [6.07, 6.45) is 3.24. The van der Waals surface area contributed by atoms with Crippen molar-refractivity contribution < 1.29 is 9.53 Å². The summed E-state index contributed by atoms with van der Waals surface area (Å²) in [5, 5.41) is 7.11. The van der Waals surface area contributed by atoms with Crippen molar-refractivity contribution in [1.29, 1.82) is 0 Å². The van der Waals surface area contributed by atoms with Crippen molar-refractivity contribution in [3.8, 4) is 17.0 Å². The molecule has 0 aliphatic carbocycles.